The fraction of sp³-hybridized carbons (Fsp3) is 0.200. The Morgan fingerprint density at radius 3 is 3.00 bits per heavy atom. The predicted molar refractivity (Wildman–Crippen MR) is 58.9 cm³/mol. The van der Waals surface area contributed by atoms with Crippen LogP contribution in [0.15, 0.2) is 22.9 Å². The Balaban J connectivity index is 2.65. The summed E-state index contributed by atoms with van der Waals surface area (Å²) in [6.45, 7) is 3.25. The van der Waals surface area contributed by atoms with Gasteiger partial charge in [-0.25, -0.2) is 4.98 Å². The molecule has 0 aromatic carbocycles. The van der Waals surface area contributed by atoms with Gasteiger partial charge in [-0.15, -0.1) is 0 Å². The van der Waals surface area contributed by atoms with E-state index in [0.29, 0.717) is 11.4 Å². The molecule has 0 saturated carbocycles. The summed E-state index contributed by atoms with van der Waals surface area (Å²) in [7, 11) is 0. The number of halogens is 1. The Bertz CT molecular complexity index is 533. The highest BCUT2D eigenvalue weighted by Gasteiger charge is 2.11. The number of carbonyl (C=O) groups excluding carboxylic acids is 1. The lowest BCUT2D eigenvalue weighted by molar-refractivity contribution is -0.131. The molecule has 0 amide bonds. The molecule has 5 heteroatoms. The van der Waals surface area contributed by atoms with Crippen molar-refractivity contribution < 1.29 is 9.53 Å². The quantitative estimate of drug-likeness (QED) is 0.746. The highest BCUT2D eigenvalue weighted by molar-refractivity contribution is 9.10. The Kier molecular flexibility index (Phi) is 2.48. The number of hydrogen-bond donors (Lipinski definition) is 0. The molecule has 15 heavy (non-hydrogen) atoms. The van der Waals surface area contributed by atoms with E-state index in [-0.39, 0.29) is 5.97 Å². The van der Waals surface area contributed by atoms with Gasteiger partial charge in [0.1, 0.15) is 4.60 Å². The first-order chi connectivity index (χ1) is 7.09. The van der Waals surface area contributed by atoms with Gasteiger partial charge in [-0.3, -0.25) is 9.20 Å². The molecule has 2 aromatic rings. The van der Waals surface area contributed by atoms with Gasteiger partial charge < -0.3 is 4.74 Å². The molecule has 0 aliphatic rings. The van der Waals surface area contributed by atoms with E-state index in [2.05, 4.69) is 20.9 Å². The molecule has 0 aliphatic carbocycles. The number of esters is 1. The first-order valence-corrected chi connectivity index (χ1v) is 5.20. The number of imidazole rings is 1. The Morgan fingerprint density at radius 1 is 1.60 bits per heavy atom. The Morgan fingerprint density at radius 2 is 2.33 bits per heavy atom. The smallest absolute Gasteiger partial charge is 0.308 e. The minimum absolute atomic E-state index is 0.347. The van der Waals surface area contributed by atoms with Crippen LogP contribution < -0.4 is 4.74 Å². The Labute approximate surface area is 95.0 Å². The number of carbonyl (C=O) groups is 1. The van der Waals surface area contributed by atoms with Gasteiger partial charge in [-0.05, 0) is 35.0 Å². The van der Waals surface area contributed by atoms with Gasteiger partial charge in [-0.1, -0.05) is 0 Å². The monoisotopic (exact) mass is 268 g/mol. The molecule has 0 fully saturated rings. The first-order valence-electron chi connectivity index (χ1n) is 4.41. The van der Waals surface area contributed by atoms with E-state index in [0.717, 1.165) is 10.3 Å². The maximum Gasteiger partial charge on any atom is 0.308 e. The van der Waals surface area contributed by atoms with Gasteiger partial charge >= 0.3 is 5.97 Å². The fourth-order valence-electron chi connectivity index (χ4n) is 1.36. The minimum Gasteiger partial charge on any atom is -0.423 e. The molecule has 0 saturated heterocycles. The Hall–Kier alpha value is -1.36. The predicted octanol–water partition coefficient (Wildman–Crippen LogP) is 2.33. The third-order valence-electron chi connectivity index (χ3n) is 1.97. The molecule has 78 valence electrons. The molecule has 0 bridgehead atoms. The molecule has 0 N–H and O–H groups in total. The number of ether oxygens (including phenoxy) is 1. The molecule has 2 aromatic heterocycles. The van der Waals surface area contributed by atoms with Crippen molar-refractivity contribution in [2.45, 2.75) is 13.8 Å². The van der Waals surface area contributed by atoms with Gasteiger partial charge in [0, 0.05) is 13.1 Å². The largest absolute Gasteiger partial charge is 0.423 e. The molecular formula is C10H9BrN2O2. The van der Waals surface area contributed by atoms with Gasteiger partial charge in [-0.2, -0.15) is 0 Å². The molecule has 2 rings (SSSR count). The second-order valence-electron chi connectivity index (χ2n) is 3.15. The maximum atomic E-state index is 10.9. The summed E-state index contributed by atoms with van der Waals surface area (Å²) < 4.78 is 7.75. The number of hydrogen-bond acceptors (Lipinski definition) is 3. The van der Waals surface area contributed by atoms with E-state index < -0.39 is 0 Å². The number of aryl methyl sites for hydroxylation is 1. The number of nitrogens with zero attached hydrogens (tertiary/aromatic N) is 2. The second-order valence-corrected chi connectivity index (χ2v) is 3.90. The summed E-state index contributed by atoms with van der Waals surface area (Å²) in [5.74, 6) is 0.124. The van der Waals surface area contributed by atoms with E-state index >= 15 is 0 Å². The molecule has 4 nitrogen and oxygen atoms in total. The van der Waals surface area contributed by atoms with Crippen molar-refractivity contribution in [2.24, 2.45) is 0 Å². The molecule has 0 aliphatic heterocycles. The van der Waals surface area contributed by atoms with Gasteiger partial charge in [0.25, 0.3) is 0 Å². The highest BCUT2D eigenvalue weighted by atomic mass is 79.9. The van der Waals surface area contributed by atoms with Crippen LogP contribution in [-0.4, -0.2) is 15.4 Å². The fourth-order valence-corrected chi connectivity index (χ4v) is 1.74. The number of pyridine rings is 1. The summed E-state index contributed by atoms with van der Waals surface area (Å²) >= 11 is 3.41. The lowest BCUT2D eigenvalue weighted by Crippen LogP contribution is -2.02. The van der Waals surface area contributed by atoms with Crippen molar-refractivity contribution in [1.82, 2.24) is 9.38 Å². The van der Waals surface area contributed by atoms with Crippen molar-refractivity contribution in [3.05, 3.63) is 28.6 Å². The molecule has 2 heterocycles. The van der Waals surface area contributed by atoms with Crippen LogP contribution in [-0.2, 0) is 4.79 Å². The molecule has 0 spiro atoms. The zero-order chi connectivity index (χ0) is 11.0. The van der Waals surface area contributed by atoms with Crippen LogP contribution >= 0.6 is 15.9 Å². The van der Waals surface area contributed by atoms with Crippen molar-refractivity contribution >= 4 is 27.5 Å². The van der Waals surface area contributed by atoms with Crippen LogP contribution in [0, 0.1) is 6.92 Å². The summed E-state index contributed by atoms with van der Waals surface area (Å²) in [4.78, 5) is 15.2. The van der Waals surface area contributed by atoms with Crippen molar-refractivity contribution in [1.29, 1.82) is 0 Å². The number of aromatic nitrogens is 2. The third-order valence-corrected chi connectivity index (χ3v) is 2.92. The second kappa shape index (κ2) is 3.66. The SMILES string of the molecule is CC(=O)Oc1cccn2c(Br)c(C)nc12. The van der Waals surface area contributed by atoms with Gasteiger partial charge in [0.2, 0.25) is 0 Å². The van der Waals surface area contributed by atoms with Gasteiger partial charge in [0.15, 0.2) is 11.4 Å². The highest BCUT2D eigenvalue weighted by Crippen LogP contribution is 2.24. The van der Waals surface area contributed by atoms with Crippen molar-refractivity contribution in [2.75, 3.05) is 0 Å². The third kappa shape index (κ3) is 1.74. The van der Waals surface area contributed by atoms with Crippen molar-refractivity contribution in [3.8, 4) is 5.75 Å². The molecule has 0 atom stereocenters. The van der Waals surface area contributed by atoms with Crippen LogP contribution in [0.1, 0.15) is 12.6 Å². The van der Waals surface area contributed by atoms with Crippen LogP contribution in [0.2, 0.25) is 0 Å². The molecule has 0 unspecified atom stereocenters. The maximum absolute atomic E-state index is 10.9. The summed E-state index contributed by atoms with van der Waals surface area (Å²) in [6.07, 6.45) is 1.85. The summed E-state index contributed by atoms with van der Waals surface area (Å²) in [6, 6.07) is 3.52. The zero-order valence-electron chi connectivity index (χ0n) is 8.32. The standard InChI is InChI=1S/C10H9BrN2O2/c1-6-9(11)13-5-3-4-8(10(13)12-6)15-7(2)14/h3-5H,1-2H3. The average molecular weight is 269 g/mol. The number of fused-ring (bicyclic) bond motifs is 1. The van der Waals surface area contributed by atoms with E-state index in [9.17, 15) is 4.79 Å². The van der Waals surface area contributed by atoms with E-state index in [1.54, 1.807) is 12.1 Å². The summed E-state index contributed by atoms with van der Waals surface area (Å²) in [5.41, 5.74) is 1.49. The van der Waals surface area contributed by atoms with E-state index in [1.807, 2.05) is 17.5 Å². The van der Waals surface area contributed by atoms with Crippen molar-refractivity contribution in [3.63, 3.8) is 0 Å². The first kappa shape index (κ1) is 10.2. The van der Waals surface area contributed by atoms with Crippen LogP contribution in [0.3, 0.4) is 0 Å². The lowest BCUT2D eigenvalue weighted by atomic mass is 10.4. The van der Waals surface area contributed by atoms with Crippen LogP contribution in [0.4, 0.5) is 0 Å². The summed E-state index contributed by atoms with van der Waals surface area (Å²) in [5, 5.41) is 0. The average Bonchev–Trinajstić information content (AvgIpc) is 2.45. The van der Waals surface area contributed by atoms with Crippen LogP contribution in [0.5, 0.6) is 5.75 Å². The van der Waals surface area contributed by atoms with Gasteiger partial charge in [0.05, 0.1) is 5.69 Å². The molecular weight excluding hydrogens is 260 g/mol. The topological polar surface area (TPSA) is 43.6 Å². The van der Waals surface area contributed by atoms with Crippen LogP contribution in [0.25, 0.3) is 5.65 Å². The minimum atomic E-state index is -0.347. The normalized spacial score (nSPS) is 10.6. The zero-order valence-corrected chi connectivity index (χ0v) is 9.91. The van der Waals surface area contributed by atoms with E-state index in [1.165, 1.54) is 6.92 Å². The number of rotatable bonds is 1. The molecule has 0 radical (unpaired) electrons. The lowest BCUT2D eigenvalue weighted by Gasteiger charge is -2.02. The van der Waals surface area contributed by atoms with E-state index in [4.69, 9.17) is 4.74 Å².